The summed E-state index contributed by atoms with van der Waals surface area (Å²) in [5.74, 6) is 0.0508. The second kappa shape index (κ2) is 5.26. The SMILES string of the molecule is CC1(O)CCN(C(=O)CN2CCCCCC2=O)C1. The molecule has 2 rings (SSSR count). The zero-order valence-electron chi connectivity index (χ0n) is 11.0. The van der Waals surface area contributed by atoms with Gasteiger partial charge in [-0.1, -0.05) is 6.42 Å². The molecule has 0 bridgehead atoms. The molecule has 5 nitrogen and oxygen atoms in total. The summed E-state index contributed by atoms with van der Waals surface area (Å²) >= 11 is 0. The van der Waals surface area contributed by atoms with E-state index in [2.05, 4.69) is 0 Å². The lowest BCUT2D eigenvalue weighted by Gasteiger charge is -2.24. The largest absolute Gasteiger partial charge is 0.388 e. The number of amides is 2. The molecule has 5 heteroatoms. The Balaban J connectivity index is 1.88. The molecule has 1 N–H and O–H groups in total. The van der Waals surface area contributed by atoms with Crippen LogP contribution in [0.4, 0.5) is 0 Å². The number of nitrogens with zero attached hydrogens (tertiary/aromatic N) is 2. The third-order valence-electron chi connectivity index (χ3n) is 3.80. The summed E-state index contributed by atoms with van der Waals surface area (Å²) < 4.78 is 0. The number of hydrogen-bond donors (Lipinski definition) is 1. The smallest absolute Gasteiger partial charge is 0.242 e. The minimum Gasteiger partial charge on any atom is -0.388 e. The van der Waals surface area contributed by atoms with Crippen LogP contribution in [0.25, 0.3) is 0 Å². The van der Waals surface area contributed by atoms with Crippen LogP contribution in [0, 0.1) is 0 Å². The van der Waals surface area contributed by atoms with Crippen LogP contribution in [0.1, 0.15) is 39.0 Å². The van der Waals surface area contributed by atoms with Gasteiger partial charge in [0.05, 0.1) is 12.1 Å². The minimum absolute atomic E-state index is 0.0389. The quantitative estimate of drug-likeness (QED) is 0.774. The molecule has 1 unspecified atom stereocenters. The third-order valence-corrected chi connectivity index (χ3v) is 3.80. The van der Waals surface area contributed by atoms with Crippen molar-refractivity contribution in [1.82, 2.24) is 9.80 Å². The van der Waals surface area contributed by atoms with E-state index in [1.165, 1.54) is 0 Å². The van der Waals surface area contributed by atoms with Gasteiger partial charge in [-0.05, 0) is 26.2 Å². The van der Waals surface area contributed by atoms with Gasteiger partial charge in [-0.3, -0.25) is 9.59 Å². The number of carbonyl (C=O) groups excluding carboxylic acids is 2. The standard InChI is InChI=1S/C13H22N2O3/c1-13(18)6-8-15(10-13)12(17)9-14-7-4-2-3-5-11(14)16/h18H,2-10H2,1H3. The molecular formula is C13H22N2O3. The first-order chi connectivity index (χ1) is 8.48. The molecule has 102 valence electrons. The van der Waals surface area contributed by atoms with Gasteiger partial charge >= 0.3 is 0 Å². The van der Waals surface area contributed by atoms with Gasteiger partial charge < -0.3 is 14.9 Å². The number of rotatable bonds is 2. The topological polar surface area (TPSA) is 60.9 Å². The fourth-order valence-electron chi connectivity index (χ4n) is 2.63. The lowest BCUT2D eigenvalue weighted by Crippen LogP contribution is -2.43. The van der Waals surface area contributed by atoms with Gasteiger partial charge in [0.25, 0.3) is 0 Å². The van der Waals surface area contributed by atoms with E-state index in [1.54, 1.807) is 16.7 Å². The van der Waals surface area contributed by atoms with E-state index in [0.29, 0.717) is 32.5 Å². The second-order valence-electron chi connectivity index (χ2n) is 5.69. The van der Waals surface area contributed by atoms with Gasteiger partial charge in [0.2, 0.25) is 11.8 Å². The van der Waals surface area contributed by atoms with Crippen molar-refractivity contribution in [1.29, 1.82) is 0 Å². The Kier molecular flexibility index (Phi) is 3.90. The van der Waals surface area contributed by atoms with Crippen LogP contribution in [-0.2, 0) is 9.59 Å². The lowest BCUT2D eigenvalue weighted by molar-refractivity contribution is -0.140. The van der Waals surface area contributed by atoms with E-state index < -0.39 is 5.60 Å². The highest BCUT2D eigenvalue weighted by atomic mass is 16.3. The van der Waals surface area contributed by atoms with Crippen LogP contribution in [0.2, 0.25) is 0 Å². The van der Waals surface area contributed by atoms with E-state index in [-0.39, 0.29) is 18.4 Å². The molecular weight excluding hydrogens is 232 g/mol. The zero-order valence-corrected chi connectivity index (χ0v) is 11.0. The third kappa shape index (κ3) is 3.22. The van der Waals surface area contributed by atoms with Gasteiger partial charge in [0, 0.05) is 26.1 Å². The van der Waals surface area contributed by atoms with Gasteiger partial charge in [0.1, 0.15) is 0 Å². The molecule has 0 aromatic rings. The van der Waals surface area contributed by atoms with Crippen molar-refractivity contribution < 1.29 is 14.7 Å². The van der Waals surface area contributed by atoms with Crippen molar-refractivity contribution >= 4 is 11.8 Å². The summed E-state index contributed by atoms with van der Waals surface area (Å²) in [5, 5.41) is 9.84. The molecule has 2 aliphatic rings. The fourth-order valence-corrected chi connectivity index (χ4v) is 2.63. The van der Waals surface area contributed by atoms with E-state index in [1.807, 2.05) is 0 Å². The Morgan fingerprint density at radius 1 is 1.33 bits per heavy atom. The zero-order chi connectivity index (χ0) is 13.2. The molecule has 2 aliphatic heterocycles. The highest BCUT2D eigenvalue weighted by molar-refractivity contribution is 5.85. The summed E-state index contributed by atoms with van der Waals surface area (Å²) in [7, 11) is 0. The molecule has 18 heavy (non-hydrogen) atoms. The van der Waals surface area contributed by atoms with Gasteiger partial charge in [-0.15, -0.1) is 0 Å². The Labute approximate surface area is 108 Å². The van der Waals surface area contributed by atoms with Crippen LogP contribution in [0.15, 0.2) is 0 Å². The molecule has 2 heterocycles. The van der Waals surface area contributed by atoms with Crippen molar-refractivity contribution in [2.45, 2.75) is 44.6 Å². The van der Waals surface area contributed by atoms with E-state index in [0.717, 1.165) is 19.3 Å². The average Bonchev–Trinajstić information content (AvgIpc) is 2.55. The molecule has 0 aromatic carbocycles. The summed E-state index contributed by atoms with van der Waals surface area (Å²) in [6, 6.07) is 0. The molecule has 2 amide bonds. The molecule has 0 aromatic heterocycles. The number of β-amino-alcohol motifs (C(OH)–C–C–N with tert-alkyl or cyclic N) is 1. The monoisotopic (exact) mass is 254 g/mol. The Bertz CT molecular complexity index is 341. The van der Waals surface area contributed by atoms with E-state index >= 15 is 0 Å². The Morgan fingerprint density at radius 2 is 2.11 bits per heavy atom. The first kappa shape index (κ1) is 13.3. The van der Waals surface area contributed by atoms with Crippen molar-refractivity contribution in [3.8, 4) is 0 Å². The maximum absolute atomic E-state index is 12.1. The van der Waals surface area contributed by atoms with Crippen molar-refractivity contribution in [3.05, 3.63) is 0 Å². The molecule has 2 fully saturated rings. The Hall–Kier alpha value is -1.10. The average molecular weight is 254 g/mol. The maximum atomic E-state index is 12.1. The van der Waals surface area contributed by atoms with Crippen LogP contribution >= 0.6 is 0 Å². The summed E-state index contributed by atoms with van der Waals surface area (Å²) in [6.07, 6.45) is 4.16. The van der Waals surface area contributed by atoms with Gasteiger partial charge in [-0.2, -0.15) is 0 Å². The summed E-state index contributed by atoms with van der Waals surface area (Å²) in [6.45, 7) is 3.59. The molecule has 0 saturated carbocycles. The second-order valence-corrected chi connectivity index (χ2v) is 5.69. The first-order valence-electron chi connectivity index (χ1n) is 6.76. The molecule has 2 saturated heterocycles. The molecule has 0 spiro atoms. The molecule has 1 atom stereocenters. The van der Waals surface area contributed by atoms with Crippen LogP contribution in [0.5, 0.6) is 0 Å². The van der Waals surface area contributed by atoms with Crippen LogP contribution < -0.4 is 0 Å². The van der Waals surface area contributed by atoms with Crippen LogP contribution in [-0.4, -0.2) is 58.5 Å². The van der Waals surface area contributed by atoms with E-state index in [9.17, 15) is 14.7 Å². The Morgan fingerprint density at radius 3 is 2.78 bits per heavy atom. The van der Waals surface area contributed by atoms with Crippen molar-refractivity contribution in [3.63, 3.8) is 0 Å². The summed E-state index contributed by atoms with van der Waals surface area (Å²) in [4.78, 5) is 27.2. The predicted octanol–water partition coefficient (Wildman–Crippen LogP) is 0.372. The maximum Gasteiger partial charge on any atom is 0.242 e. The highest BCUT2D eigenvalue weighted by Crippen LogP contribution is 2.20. The van der Waals surface area contributed by atoms with Gasteiger partial charge in [0.15, 0.2) is 0 Å². The lowest BCUT2D eigenvalue weighted by atomic mass is 10.1. The highest BCUT2D eigenvalue weighted by Gasteiger charge is 2.34. The number of hydrogen-bond acceptors (Lipinski definition) is 3. The minimum atomic E-state index is -0.765. The van der Waals surface area contributed by atoms with Crippen LogP contribution in [0.3, 0.4) is 0 Å². The fraction of sp³-hybridized carbons (Fsp3) is 0.846. The number of aliphatic hydroxyl groups is 1. The summed E-state index contributed by atoms with van der Waals surface area (Å²) in [5.41, 5.74) is -0.765. The molecule has 0 radical (unpaired) electrons. The van der Waals surface area contributed by atoms with Crippen molar-refractivity contribution in [2.24, 2.45) is 0 Å². The van der Waals surface area contributed by atoms with Gasteiger partial charge in [-0.25, -0.2) is 0 Å². The number of carbonyl (C=O) groups is 2. The molecule has 0 aliphatic carbocycles. The van der Waals surface area contributed by atoms with E-state index in [4.69, 9.17) is 0 Å². The number of likely N-dealkylation sites (tertiary alicyclic amines) is 2. The predicted molar refractivity (Wildman–Crippen MR) is 66.9 cm³/mol. The normalized spacial score (nSPS) is 29.6. The van der Waals surface area contributed by atoms with Crippen molar-refractivity contribution in [2.75, 3.05) is 26.2 Å². The first-order valence-corrected chi connectivity index (χ1v) is 6.76.